The molecule has 0 spiro atoms. The molecule has 2 rings (SSSR count). The third kappa shape index (κ3) is 2.92. The molecule has 7 heteroatoms. The van der Waals surface area contributed by atoms with Gasteiger partial charge in [-0.15, -0.1) is 0 Å². The Morgan fingerprint density at radius 1 is 1.33 bits per heavy atom. The Morgan fingerprint density at radius 3 is 2.43 bits per heavy atom. The number of nitrogens with zero attached hydrogens (tertiary/aromatic N) is 2. The van der Waals surface area contributed by atoms with Crippen LogP contribution in [-0.2, 0) is 11.2 Å². The standard InChI is InChI=1S/C14H15F3N2O2/c1-9-3-5-11(6-4-9)7-12(20)19-13(21,14(15,16)17)8-10(2)18-19/h3-6,21H,7-8H2,1-2H3/t13-/m1/s1. The number of alkyl halides is 3. The zero-order chi connectivity index (χ0) is 15.8. The van der Waals surface area contributed by atoms with Crippen LogP contribution in [0, 0.1) is 6.92 Å². The van der Waals surface area contributed by atoms with E-state index in [2.05, 4.69) is 5.10 Å². The SMILES string of the molecule is CC1=NN(C(=O)Cc2ccc(C)cc2)[C@](O)(C(F)(F)F)C1. The molecule has 0 fully saturated rings. The minimum absolute atomic E-state index is 0.0621. The van der Waals surface area contributed by atoms with Crippen LogP contribution in [0.15, 0.2) is 29.4 Å². The van der Waals surface area contributed by atoms with E-state index in [0.717, 1.165) is 5.56 Å². The molecule has 0 saturated heterocycles. The van der Waals surface area contributed by atoms with E-state index in [1.54, 1.807) is 24.3 Å². The van der Waals surface area contributed by atoms with Gasteiger partial charge in [0.1, 0.15) is 0 Å². The maximum absolute atomic E-state index is 13.0. The Kier molecular flexibility index (Phi) is 3.79. The summed E-state index contributed by atoms with van der Waals surface area (Å²) in [6.45, 7) is 3.21. The highest BCUT2D eigenvalue weighted by Gasteiger charge is 2.62. The molecule has 1 aliphatic heterocycles. The molecule has 1 aliphatic rings. The van der Waals surface area contributed by atoms with E-state index in [9.17, 15) is 23.1 Å². The summed E-state index contributed by atoms with van der Waals surface area (Å²) in [5.74, 6) is -0.893. The van der Waals surface area contributed by atoms with Crippen LogP contribution in [0.4, 0.5) is 13.2 Å². The van der Waals surface area contributed by atoms with Crippen molar-refractivity contribution in [2.24, 2.45) is 5.10 Å². The smallest absolute Gasteiger partial charge is 0.362 e. The van der Waals surface area contributed by atoms with Gasteiger partial charge in [-0.05, 0) is 19.4 Å². The number of amides is 1. The van der Waals surface area contributed by atoms with E-state index in [4.69, 9.17) is 0 Å². The summed E-state index contributed by atoms with van der Waals surface area (Å²) in [7, 11) is 0. The number of hydrogen-bond acceptors (Lipinski definition) is 3. The zero-order valence-corrected chi connectivity index (χ0v) is 11.6. The van der Waals surface area contributed by atoms with Gasteiger partial charge in [0.25, 0.3) is 5.72 Å². The summed E-state index contributed by atoms with van der Waals surface area (Å²) in [5.41, 5.74) is -1.64. The van der Waals surface area contributed by atoms with Gasteiger partial charge in [0.15, 0.2) is 0 Å². The maximum atomic E-state index is 13.0. The highest BCUT2D eigenvalue weighted by atomic mass is 19.4. The van der Waals surface area contributed by atoms with E-state index in [-0.39, 0.29) is 17.1 Å². The number of benzene rings is 1. The van der Waals surface area contributed by atoms with Gasteiger partial charge in [-0.3, -0.25) is 4.79 Å². The Labute approximate surface area is 119 Å². The number of halogens is 3. The second-order valence-electron chi connectivity index (χ2n) is 5.19. The molecule has 21 heavy (non-hydrogen) atoms. The lowest BCUT2D eigenvalue weighted by atomic mass is 10.1. The third-order valence-electron chi connectivity index (χ3n) is 3.29. The molecule has 0 radical (unpaired) electrons. The molecule has 1 atom stereocenters. The van der Waals surface area contributed by atoms with E-state index >= 15 is 0 Å². The van der Waals surface area contributed by atoms with Gasteiger partial charge >= 0.3 is 6.18 Å². The molecule has 1 aromatic rings. The van der Waals surface area contributed by atoms with Crippen LogP contribution in [0.3, 0.4) is 0 Å². The molecule has 1 N–H and O–H groups in total. The van der Waals surface area contributed by atoms with Crippen LogP contribution < -0.4 is 0 Å². The van der Waals surface area contributed by atoms with Crippen molar-refractivity contribution in [1.29, 1.82) is 0 Å². The average Bonchev–Trinajstić information content (AvgIpc) is 2.68. The topological polar surface area (TPSA) is 52.9 Å². The van der Waals surface area contributed by atoms with Gasteiger partial charge in [-0.1, -0.05) is 29.8 Å². The Bertz CT molecular complexity index is 581. The summed E-state index contributed by atoms with van der Waals surface area (Å²) in [6, 6.07) is 6.84. The molecule has 4 nitrogen and oxygen atoms in total. The molecule has 0 unspecified atom stereocenters. The Morgan fingerprint density at radius 2 is 1.90 bits per heavy atom. The number of carbonyl (C=O) groups is 1. The number of hydrogen-bond donors (Lipinski definition) is 1. The molecule has 1 heterocycles. The fraction of sp³-hybridized carbons (Fsp3) is 0.429. The molecule has 114 valence electrons. The first-order valence-electron chi connectivity index (χ1n) is 6.35. The fourth-order valence-corrected chi connectivity index (χ4v) is 2.16. The van der Waals surface area contributed by atoms with Crippen LogP contribution in [0.2, 0.25) is 0 Å². The highest BCUT2D eigenvalue weighted by Crippen LogP contribution is 2.40. The van der Waals surface area contributed by atoms with E-state index in [1.807, 2.05) is 6.92 Å². The minimum Gasteiger partial charge on any atom is -0.362 e. The normalized spacial score (nSPS) is 22.4. The highest BCUT2D eigenvalue weighted by molar-refractivity contribution is 5.89. The summed E-state index contributed by atoms with van der Waals surface area (Å²) < 4.78 is 39.0. The summed E-state index contributed by atoms with van der Waals surface area (Å²) >= 11 is 0. The number of hydrazone groups is 1. The van der Waals surface area contributed by atoms with E-state index in [1.165, 1.54) is 6.92 Å². The number of aliphatic hydroxyl groups is 1. The number of carbonyl (C=O) groups excluding carboxylic acids is 1. The molecule has 0 aromatic heterocycles. The van der Waals surface area contributed by atoms with Crippen LogP contribution in [0.5, 0.6) is 0 Å². The van der Waals surface area contributed by atoms with Gasteiger partial charge in [-0.25, -0.2) is 0 Å². The van der Waals surface area contributed by atoms with Crippen molar-refractivity contribution in [3.05, 3.63) is 35.4 Å². The zero-order valence-electron chi connectivity index (χ0n) is 11.6. The Hall–Kier alpha value is -1.89. The molecular formula is C14H15F3N2O2. The quantitative estimate of drug-likeness (QED) is 0.912. The second kappa shape index (κ2) is 5.14. The monoisotopic (exact) mass is 300 g/mol. The molecular weight excluding hydrogens is 285 g/mol. The first kappa shape index (κ1) is 15.5. The first-order chi connectivity index (χ1) is 9.63. The van der Waals surface area contributed by atoms with Crippen molar-refractivity contribution in [3.63, 3.8) is 0 Å². The Balaban J connectivity index is 2.22. The van der Waals surface area contributed by atoms with Crippen LogP contribution in [-0.4, -0.2) is 33.6 Å². The van der Waals surface area contributed by atoms with Gasteiger partial charge in [0.2, 0.25) is 5.91 Å². The van der Waals surface area contributed by atoms with E-state index in [0.29, 0.717) is 5.56 Å². The largest absolute Gasteiger partial charge is 0.438 e. The van der Waals surface area contributed by atoms with Crippen molar-refractivity contribution in [1.82, 2.24) is 5.01 Å². The number of rotatable bonds is 2. The molecule has 0 bridgehead atoms. The van der Waals surface area contributed by atoms with Crippen molar-refractivity contribution < 1.29 is 23.1 Å². The van der Waals surface area contributed by atoms with Crippen LogP contribution in [0.1, 0.15) is 24.5 Å². The second-order valence-corrected chi connectivity index (χ2v) is 5.19. The summed E-state index contributed by atoms with van der Waals surface area (Å²) in [4.78, 5) is 12.1. The molecule has 1 aromatic carbocycles. The predicted octanol–water partition coefficient (Wildman–Crippen LogP) is 2.40. The average molecular weight is 300 g/mol. The fourth-order valence-electron chi connectivity index (χ4n) is 2.16. The molecule has 1 amide bonds. The van der Waals surface area contributed by atoms with Gasteiger partial charge < -0.3 is 5.11 Å². The van der Waals surface area contributed by atoms with Gasteiger partial charge in [0.05, 0.1) is 6.42 Å². The first-order valence-corrected chi connectivity index (χ1v) is 6.35. The number of aryl methyl sites for hydroxylation is 1. The lowest BCUT2D eigenvalue weighted by molar-refractivity contribution is -0.302. The third-order valence-corrected chi connectivity index (χ3v) is 3.29. The lowest BCUT2D eigenvalue weighted by Crippen LogP contribution is -2.57. The maximum Gasteiger partial charge on any atom is 0.438 e. The van der Waals surface area contributed by atoms with Crippen LogP contribution >= 0.6 is 0 Å². The summed E-state index contributed by atoms with van der Waals surface area (Å²) in [5, 5.41) is 13.5. The van der Waals surface area contributed by atoms with Crippen LogP contribution in [0.25, 0.3) is 0 Å². The van der Waals surface area contributed by atoms with Crippen molar-refractivity contribution in [2.45, 2.75) is 38.6 Å². The predicted molar refractivity (Wildman–Crippen MR) is 70.5 cm³/mol. The molecule has 0 aliphatic carbocycles. The van der Waals surface area contributed by atoms with E-state index < -0.39 is 24.2 Å². The minimum atomic E-state index is -4.96. The van der Waals surface area contributed by atoms with Crippen molar-refractivity contribution >= 4 is 11.6 Å². The van der Waals surface area contributed by atoms with Crippen molar-refractivity contribution in [2.75, 3.05) is 0 Å². The van der Waals surface area contributed by atoms with Gasteiger partial charge in [-0.2, -0.15) is 23.3 Å². The summed E-state index contributed by atoms with van der Waals surface area (Å²) in [6.07, 6.45) is -5.94. The molecule has 0 saturated carbocycles. The van der Waals surface area contributed by atoms with Crippen molar-refractivity contribution in [3.8, 4) is 0 Å². The lowest BCUT2D eigenvalue weighted by Gasteiger charge is -2.32. The van der Waals surface area contributed by atoms with Gasteiger partial charge in [0, 0.05) is 12.1 Å².